The molecule has 1 amide bonds. The van der Waals surface area contributed by atoms with Crippen LogP contribution in [0, 0.1) is 0 Å². The van der Waals surface area contributed by atoms with Gasteiger partial charge in [-0.05, 0) is 25.5 Å². The lowest BCUT2D eigenvalue weighted by Gasteiger charge is -2.27. The molecule has 2 rings (SSSR count). The molecule has 1 aliphatic heterocycles. The Morgan fingerprint density at radius 1 is 1.13 bits per heavy atom. The van der Waals surface area contributed by atoms with Crippen LogP contribution in [0.3, 0.4) is 0 Å². The van der Waals surface area contributed by atoms with Gasteiger partial charge in [-0.1, -0.05) is 18.2 Å². The second-order valence-corrected chi connectivity index (χ2v) is 7.73. The number of carbonyl (C=O) groups is 1. The normalized spacial score (nSPS) is 16.9. The zero-order chi connectivity index (χ0) is 16.9. The Morgan fingerprint density at radius 3 is 2.43 bits per heavy atom. The van der Waals surface area contributed by atoms with Crippen LogP contribution in [0.2, 0.25) is 0 Å². The topological polar surface area (TPSA) is 60.9 Å². The first-order chi connectivity index (χ1) is 10.9. The smallest absolute Gasteiger partial charge is 0.242 e. The molecular formula is C16H25N3O3S. The summed E-state index contributed by atoms with van der Waals surface area (Å²) >= 11 is 0. The standard InChI is InChI=1S/C16H25N3O3S/c1-3-17(15-8-5-4-6-9-15)14-16(20)18-10-7-11-19(13-12-18)23(2,21)22/h4-6,8-9H,3,7,10-14H2,1-2H3. The van der Waals surface area contributed by atoms with Gasteiger partial charge < -0.3 is 9.80 Å². The van der Waals surface area contributed by atoms with Crippen LogP contribution < -0.4 is 4.90 Å². The van der Waals surface area contributed by atoms with Crippen molar-refractivity contribution in [2.45, 2.75) is 13.3 Å². The summed E-state index contributed by atoms with van der Waals surface area (Å²) in [5, 5.41) is 0. The Hall–Kier alpha value is -1.60. The molecule has 0 atom stereocenters. The lowest BCUT2D eigenvalue weighted by Crippen LogP contribution is -2.42. The predicted octanol–water partition coefficient (Wildman–Crippen LogP) is 1.01. The molecule has 0 radical (unpaired) electrons. The van der Waals surface area contributed by atoms with Gasteiger partial charge in [0.2, 0.25) is 15.9 Å². The summed E-state index contributed by atoms with van der Waals surface area (Å²) < 4.78 is 24.7. The first-order valence-electron chi connectivity index (χ1n) is 7.94. The largest absolute Gasteiger partial charge is 0.362 e. The molecule has 6 nitrogen and oxygen atoms in total. The minimum atomic E-state index is -3.18. The molecule has 0 aliphatic carbocycles. The third-order valence-corrected chi connectivity index (χ3v) is 5.41. The molecule has 0 bridgehead atoms. The van der Waals surface area contributed by atoms with E-state index in [0.29, 0.717) is 39.1 Å². The van der Waals surface area contributed by atoms with Crippen molar-refractivity contribution >= 4 is 21.6 Å². The van der Waals surface area contributed by atoms with Crippen LogP contribution in [0.1, 0.15) is 13.3 Å². The van der Waals surface area contributed by atoms with Gasteiger partial charge in [-0.15, -0.1) is 0 Å². The van der Waals surface area contributed by atoms with E-state index in [1.165, 1.54) is 10.6 Å². The van der Waals surface area contributed by atoms with E-state index in [2.05, 4.69) is 0 Å². The van der Waals surface area contributed by atoms with Gasteiger partial charge in [0.15, 0.2) is 0 Å². The van der Waals surface area contributed by atoms with Gasteiger partial charge in [0.1, 0.15) is 0 Å². The fraction of sp³-hybridized carbons (Fsp3) is 0.562. The Balaban J connectivity index is 1.97. The second kappa shape index (κ2) is 7.79. The Morgan fingerprint density at radius 2 is 1.83 bits per heavy atom. The molecule has 23 heavy (non-hydrogen) atoms. The van der Waals surface area contributed by atoms with Crippen LogP contribution >= 0.6 is 0 Å². The fourth-order valence-electron chi connectivity index (χ4n) is 2.76. The molecule has 0 unspecified atom stereocenters. The first-order valence-corrected chi connectivity index (χ1v) is 9.79. The number of likely N-dealkylation sites (N-methyl/N-ethyl adjacent to an activating group) is 1. The number of anilines is 1. The third-order valence-electron chi connectivity index (χ3n) is 4.11. The van der Waals surface area contributed by atoms with Crippen LogP contribution in [0.5, 0.6) is 0 Å². The number of amides is 1. The highest BCUT2D eigenvalue weighted by Crippen LogP contribution is 2.14. The average Bonchev–Trinajstić information content (AvgIpc) is 2.79. The van der Waals surface area contributed by atoms with Crippen molar-refractivity contribution in [1.29, 1.82) is 0 Å². The number of carbonyl (C=O) groups excluding carboxylic acids is 1. The lowest BCUT2D eigenvalue weighted by atomic mass is 10.2. The first kappa shape index (κ1) is 17.7. The average molecular weight is 339 g/mol. The van der Waals surface area contributed by atoms with E-state index in [4.69, 9.17) is 0 Å². The van der Waals surface area contributed by atoms with Gasteiger partial charge in [0, 0.05) is 38.4 Å². The summed E-state index contributed by atoms with van der Waals surface area (Å²) in [5.74, 6) is 0.0473. The van der Waals surface area contributed by atoms with Crippen LogP contribution in [-0.2, 0) is 14.8 Å². The zero-order valence-corrected chi connectivity index (χ0v) is 14.6. The quantitative estimate of drug-likeness (QED) is 0.803. The molecule has 1 aliphatic rings. The SMILES string of the molecule is CCN(CC(=O)N1CCCN(S(C)(=O)=O)CC1)c1ccccc1. The van der Waals surface area contributed by atoms with Crippen molar-refractivity contribution in [1.82, 2.24) is 9.21 Å². The zero-order valence-electron chi connectivity index (χ0n) is 13.8. The summed E-state index contributed by atoms with van der Waals surface area (Å²) in [4.78, 5) is 16.4. The molecule has 1 saturated heterocycles. The van der Waals surface area contributed by atoms with Gasteiger partial charge in [-0.3, -0.25) is 4.79 Å². The molecule has 0 spiro atoms. The molecule has 128 valence electrons. The Kier molecular flexibility index (Phi) is 6.01. The number of hydrogen-bond donors (Lipinski definition) is 0. The number of rotatable bonds is 5. The summed E-state index contributed by atoms with van der Waals surface area (Å²) in [6, 6.07) is 9.85. The number of para-hydroxylation sites is 1. The maximum absolute atomic E-state index is 12.6. The van der Waals surface area contributed by atoms with Gasteiger partial charge in [0.05, 0.1) is 12.8 Å². The fourth-order valence-corrected chi connectivity index (χ4v) is 3.64. The van der Waals surface area contributed by atoms with Crippen molar-refractivity contribution in [3.8, 4) is 0 Å². The number of benzene rings is 1. The van der Waals surface area contributed by atoms with E-state index in [9.17, 15) is 13.2 Å². The van der Waals surface area contributed by atoms with Gasteiger partial charge in [-0.2, -0.15) is 0 Å². The van der Waals surface area contributed by atoms with Crippen LogP contribution in [0.25, 0.3) is 0 Å². The van der Waals surface area contributed by atoms with E-state index < -0.39 is 10.0 Å². The summed E-state index contributed by atoms with van der Waals surface area (Å²) in [6.45, 7) is 5.02. The van der Waals surface area contributed by atoms with Crippen molar-refractivity contribution in [2.75, 3.05) is 50.4 Å². The molecular weight excluding hydrogens is 314 g/mol. The lowest BCUT2D eigenvalue weighted by molar-refractivity contribution is -0.129. The van der Waals surface area contributed by atoms with Crippen molar-refractivity contribution in [2.24, 2.45) is 0 Å². The third kappa shape index (κ3) is 4.94. The molecule has 1 fully saturated rings. The minimum Gasteiger partial charge on any atom is -0.362 e. The van der Waals surface area contributed by atoms with Gasteiger partial charge in [-0.25, -0.2) is 12.7 Å². The van der Waals surface area contributed by atoms with Gasteiger partial charge >= 0.3 is 0 Å². The van der Waals surface area contributed by atoms with E-state index in [1.54, 1.807) is 4.90 Å². The molecule has 7 heteroatoms. The van der Waals surface area contributed by atoms with E-state index in [-0.39, 0.29) is 5.91 Å². The summed E-state index contributed by atoms with van der Waals surface area (Å²) in [7, 11) is -3.18. The molecule has 0 aromatic heterocycles. The maximum Gasteiger partial charge on any atom is 0.242 e. The van der Waals surface area contributed by atoms with Crippen LogP contribution in [0.15, 0.2) is 30.3 Å². The highest BCUT2D eigenvalue weighted by atomic mass is 32.2. The highest BCUT2D eigenvalue weighted by molar-refractivity contribution is 7.88. The Labute approximate surface area is 138 Å². The van der Waals surface area contributed by atoms with Crippen molar-refractivity contribution in [3.63, 3.8) is 0 Å². The second-order valence-electron chi connectivity index (χ2n) is 5.75. The summed E-state index contributed by atoms with van der Waals surface area (Å²) in [5.41, 5.74) is 1.02. The van der Waals surface area contributed by atoms with Crippen molar-refractivity contribution in [3.05, 3.63) is 30.3 Å². The van der Waals surface area contributed by atoms with Crippen LogP contribution in [0.4, 0.5) is 5.69 Å². The summed E-state index contributed by atoms with van der Waals surface area (Å²) in [6.07, 6.45) is 1.90. The Bertz CT molecular complexity index is 619. The van der Waals surface area contributed by atoms with Gasteiger partial charge in [0.25, 0.3) is 0 Å². The monoisotopic (exact) mass is 339 g/mol. The van der Waals surface area contributed by atoms with E-state index >= 15 is 0 Å². The molecule has 1 aromatic rings. The molecule has 1 aromatic carbocycles. The number of nitrogens with zero attached hydrogens (tertiary/aromatic N) is 3. The van der Waals surface area contributed by atoms with E-state index in [0.717, 1.165) is 12.2 Å². The number of hydrogen-bond acceptors (Lipinski definition) is 4. The van der Waals surface area contributed by atoms with Crippen LogP contribution in [-0.4, -0.2) is 69.1 Å². The highest BCUT2D eigenvalue weighted by Gasteiger charge is 2.24. The minimum absolute atomic E-state index is 0.0473. The van der Waals surface area contributed by atoms with Crippen molar-refractivity contribution < 1.29 is 13.2 Å². The number of sulfonamides is 1. The molecule has 1 heterocycles. The molecule has 0 saturated carbocycles. The van der Waals surface area contributed by atoms with E-state index in [1.807, 2.05) is 42.2 Å². The molecule has 0 N–H and O–H groups in total. The predicted molar refractivity (Wildman–Crippen MR) is 91.9 cm³/mol. The maximum atomic E-state index is 12.6.